The molecular weight excluding hydrogens is 221 g/mol. The lowest BCUT2D eigenvalue weighted by molar-refractivity contribution is 0.628. The number of anilines is 1. The molecule has 0 aliphatic rings. The van der Waals surface area contributed by atoms with Crippen LogP contribution in [0.1, 0.15) is 19.8 Å². The van der Waals surface area contributed by atoms with Crippen LogP contribution in [0, 0.1) is 5.82 Å². The number of rotatable bonds is 5. The summed E-state index contributed by atoms with van der Waals surface area (Å²) in [5.74, 6) is -0.266. The van der Waals surface area contributed by atoms with E-state index in [2.05, 4.69) is 27.8 Å². The molecule has 90 valence electrons. The maximum atomic E-state index is 13.5. The van der Waals surface area contributed by atoms with Gasteiger partial charge in [-0.15, -0.1) is 5.10 Å². The van der Waals surface area contributed by atoms with Gasteiger partial charge in [-0.2, -0.15) is 0 Å². The summed E-state index contributed by atoms with van der Waals surface area (Å²) in [4.78, 5) is 0. The maximum Gasteiger partial charge on any atom is 0.146 e. The van der Waals surface area contributed by atoms with Crippen LogP contribution in [-0.4, -0.2) is 26.8 Å². The Balaban J connectivity index is 2.18. The summed E-state index contributed by atoms with van der Waals surface area (Å²) < 4.78 is 15.0. The summed E-state index contributed by atoms with van der Waals surface area (Å²) in [7, 11) is 0. The van der Waals surface area contributed by atoms with E-state index in [1.165, 1.54) is 17.1 Å². The van der Waals surface area contributed by atoms with Gasteiger partial charge in [-0.05, 0) is 35.0 Å². The number of nitrogens with one attached hydrogen (secondary N) is 1. The predicted octanol–water partition coefficient (Wildman–Crippen LogP) is 2.01. The molecule has 0 spiro atoms. The van der Waals surface area contributed by atoms with Gasteiger partial charge in [0.2, 0.25) is 0 Å². The Bertz CT molecular complexity index is 469. The van der Waals surface area contributed by atoms with Crippen LogP contribution in [0.15, 0.2) is 24.5 Å². The number of tetrazole rings is 1. The van der Waals surface area contributed by atoms with Crippen molar-refractivity contribution in [3.05, 3.63) is 30.3 Å². The number of hydrogen-bond acceptors (Lipinski definition) is 4. The topological polar surface area (TPSA) is 55.6 Å². The zero-order valence-electron chi connectivity index (χ0n) is 9.60. The monoisotopic (exact) mass is 235 g/mol. The van der Waals surface area contributed by atoms with E-state index in [9.17, 15) is 4.39 Å². The molecule has 0 aliphatic carbocycles. The third-order valence-corrected chi connectivity index (χ3v) is 2.41. The van der Waals surface area contributed by atoms with E-state index in [1.807, 2.05) is 0 Å². The maximum absolute atomic E-state index is 13.5. The fourth-order valence-corrected chi connectivity index (χ4v) is 1.47. The molecule has 1 aromatic carbocycles. The first-order valence-electron chi connectivity index (χ1n) is 5.58. The van der Waals surface area contributed by atoms with Crippen molar-refractivity contribution >= 4 is 5.69 Å². The minimum atomic E-state index is -0.266. The SMILES string of the molecule is CCCCNc1cc(-n2cnnn2)ccc1F. The van der Waals surface area contributed by atoms with Crippen LogP contribution in [-0.2, 0) is 0 Å². The van der Waals surface area contributed by atoms with E-state index < -0.39 is 0 Å². The summed E-state index contributed by atoms with van der Waals surface area (Å²) in [5, 5.41) is 13.9. The quantitative estimate of drug-likeness (QED) is 0.805. The average Bonchev–Trinajstić information content (AvgIpc) is 2.85. The molecule has 17 heavy (non-hydrogen) atoms. The van der Waals surface area contributed by atoms with Gasteiger partial charge in [0.15, 0.2) is 0 Å². The fourth-order valence-electron chi connectivity index (χ4n) is 1.47. The minimum Gasteiger partial charge on any atom is -0.383 e. The smallest absolute Gasteiger partial charge is 0.146 e. The summed E-state index contributed by atoms with van der Waals surface area (Å²) in [6.07, 6.45) is 3.55. The van der Waals surface area contributed by atoms with E-state index in [0.29, 0.717) is 5.69 Å². The average molecular weight is 235 g/mol. The van der Waals surface area contributed by atoms with Gasteiger partial charge in [-0.3, -0.25) is 0 Å². The molecule has 0 bridgehead atoms. The van der Waals surface area contributed by atoms with Crippen molar-refractivity contribution in [2.24, 2.45) is 0 Å². The van der Waals surface area contributed by atoms with E-state index >= 15 is 0 Å². The molecule has 1 aromatic heterocycles. The van der Waals surface area contributed by atoms with Crippen LogP contribution >= 0.6 is 0 Å². The first-order chi connectivity index (χ1) is 8.31. The molecule has 0 fully saturated rings. The standard InChI is InChI=1S/C11H14FN5/c1-2-3-6-13-11-7-9(4-5-10(11)12)17-8-14-15-16-17/h4-5,7-8,13H,2-3,6H2,1H3. The Kier molecular flexibility index (Phi) is 3.64. The second-order valence-electron chi connectivity index (χ2n) is 3.70. The van der Waals surface area contributed by atoms with E-state index in [4.69, 9.17) is 0 Å². The Hall–Kier alpha value is -1.98. The lowest BCUT2D eigenvalue weighted by atomic mass is 10.2. The molecule has 0 unspecified atom stereocenters. The normalized spacial score (nSPS) is 10.5. The van der Waals surface area contributed by atoms with E-state index in [0.717, 1.165) is 25.1 Å². The number of benzene rings is 1. The molecule has 5 nitrogen and oxygen atoms in total. The Morgan fingerprint density at radius 2 is 2.29 bits per heavy atom. The number of unbranched alkanes of at least 4 members (excludes halogenated alkanes) is 1. The molecule has 1 N–H and O–H groups in total. The van der Waals surface area contributed by atoms with Crippen molar-refractivity contribution in [3.8, 4) is 5.69 Å². The summed E-state index contributed by atoms with van der Waals surface area (Å²) >= 11 is 0. The van der Waals surface area contributed by atoms with Gasteiger partial charge in [-0.25, -0.2) is 9.07 Å². The van der Waals surface area contributed by atoms with Gasteiger partial charge >= 0.3 is 0 Å². The fraction of sp³-hybridized carbons (Fsp3) is 0.364. The van der Waals surface area contributed by atoms with Crippen molar-refractivity contribution in [2.75, 3.05) is 11.9 Å². The third kappa shape index (κ3) is 2.77. The molecule has 6 heteroatoms. The highest BCUT2D eigenvalue weighted by Gasteiger charge is 2.05. The highest BCUT2D eigenvalue weighted by Crippen LogP contribution is 2.18. The molecule has 0 saturated carbocycles. The second-order valence-corrected chi connectivity index (χ2v) is 3.70. The van der Waals surface area contributed by atoms with Crippen LogP contribution in [0.3, 0.4) is 0 Å². The molecule has 1 heterocycles. The number of nitrogens with zero attached hydrogens (tertiary/aromatic N) is 4. The molecule has 0 radical (unpaired) electrons. The number of halogens is 1. The highest BCUT2D eigenvalue weighted by atomic mass is 19.1. The lowest BCUT2D eigenvalue weighted by Crippen LogP contribution is -2.04. The van der Waals surface area contributed by atoms with Crippen molar-refractivity contribution < 1.29 is 4.39 Å². The van der Waals surface area contributed by atoms with Gasteiger partial charge in [0.1, 0.15) is 12.1 Å². The van der Waals surface area contributed by atoms with Crippen LogP contribution in [0.5, 0.6) is 0 Å². The van der Waals surface area contributed by atoms with Gasteiger partial charge in [0.25, 0.3) is 0 Å². The summed E-state index contributed by atoms with van der Waals surface area (Å²) in [6.45, 7) is 2.85. The molecule has 0 saturated heterocycles. The van der Waals surface area contributed by atoms with Gasteiger partial charge < -0.3 is 5.32 Å². The molecular formula is C11H14FN5. The lowest BCUT2D eigenvalue weighted by Gasteiger charge is -2.08. The molecule has 2 aromatic rings. The van der Waals surface area contributed by atoms with Gasteiger partial charge in [0, 0.05) is 6.54 Å². The molecule has 0 aliphatic heterocycles. The highest BCUT2D eigenvalue weighted by molar-refractivity contribution is 5.51. The zero-order valence-corrected chi connectivity index (χ0v) is 9.60. The number of aromatic nitrogens is 4. The Morgan fingerprint density at radius 1 is 1.41 bits per heavy atom. The van der Waals surface area contributed by atoms with Crippen molar-refractivity contribution in [1.82, 2.24) is 20.2 Å². The van der Waals surface area contributed by atoms with Crippen LogP contribution in [0.2, 0.25) is 0 Å². The zero-order chi connectivity index (χ0) is 12.1. The van der Waals surface area contributed by atoms with E-state index in [1.54, 1.807) is 12.1 Å². The third-order valence-electron chi connectivity index (χ3n) is 2.41. The number of hydrogen-bond donors (Lipinski definition) is 1. The van der Waals surface area contributed by atoms with Crippen LogP contribution in [0.4, 0.5) is 10.1 Å². The van der Waals surface area contributed by atoms with Crippen LogP contribution < -0.4 is 5.32 Å². The first-order valence-corrected chi connectivity index (χ1v) is 5.58. The Labute approximate surface area is 98.6 Å². The van der Waals surface area contributed by atoms with Crippen molar-refractivity contribution in [1.29, 1.82) is 0 Å². The predicted molar refractivity (Wildman–Crippen MR) is 62.5 cm³/mol. The summed E-state index contributed by atoms with van der Waals surface area (Å²) in [5.41, 5.74) is 1.21. The van der Waals surface area contributed by atoms with E-state index in [-0.39, 0.29) is 5.82 Å². The molecule has 0 atom stereocenters. The Morgan fingerprint density at radius 3 is 3.00 bits per heavy atom. The first kappa shape index (κ1) is 11.5. The molecule has 2 rings (SSSR count). The van der Waals surface area contributed by atoms with Crippen LogP contribution in [0.25, 0.3) is 5.69 Å². The summed E-state index contributed by atoms with van der Waals surface area (Å²) in [6, 6.07) is 4.74. The minimum absolute atomic E-state index is 0.266. The van der Waals surface area contributed by atoms with Gasteiger partial charge in [-0.1, -0.05) is 13.3 Å². The second kappa shape index (κ2) is 5.38. The van der Waals surface area contributed by atoms with Gasteiger partial charge in [0.05, 0.1) is 11.4 Å². The van der Waals surface area contributed by atoms with Crippen molar-refractivity contribution in [3.63, 3.8) is 0 Å². The largest absolute Gasteiger partial charge is 0.383 e. The molecule has 0 amide bonds. The van der Waals surface area contributed by atoms with Crippen molar-refractivity contribution in [2.45, 2.75) is 19.8 Å².